The molecule has 1 aromatic heterocycles. The van der Waals surface area contributed by atoms with Gasteiger partial charge in [0.15, 0.2) is 0 Å². The largest absolute Gasteiger partial charge is 0.323 e. The number of amides is 1. The molecular formula is C18H26N6O3S2. The van der Waals surface area contributed by atoms with Gasteiger partial charge in [-0.3, -0.25) is 9.69 Å². The normalized spacial score (nSPS) is 20.6. The van der Waals surface area contributed by atoms with Crippen LogP contribution in [0.1, 0.15) is 25.7 Å². The predicted octanol–water partition coefficient (Wildman–Crippen LogP) is 1.37. The van der Waals surface area contributed by atoms with Gasteiger partial charge in [0.25, 0.3) is 10.2 Å². The van der Waals surface area contributed by atoms with E-state index in [0.29, 0.717) is 50.5 Å². The first-order valence-corrected chi connectivity index (χ1v) is 12.2. The molecule has 1 aromatic carbocycles. The van der Waals surface area contributed by atoms with Crippen LogP contribution in [0.4, 0.5) is 5.69 Å². The summed E-state index contributed by atoms with van der Waals surface area (Å²) in [6, 6.07) is 5.51. The number of nitrogens with one attached hydrogen (secondary N) is 1. The van der Waals surface area contributed by atoms with Gasteiger partial charge in [0.2, 0.25) is 5.91 Å². The number of carbonyl (C=O) groups is 1. The highest BCUT2D eigenvalue weighted by Gasteiger charge is 2.32. The Hall–Kier alpha value is -1.66. The molecule has 0 unspecified atom stereocenters. The van der Waals surface area contributed by atoms with Gasteiger partial charge in [0.05, 0.1) is 24.0 Å². The van der Waals surface area contributed by atoms with E-state index in [1.165, 1.54) is 0 Å². The maximum absolute atomic E-state index is 12.9. The quantitative estimate of drug-likeness (QED) is 0.757. The first-order chi connectivity index (χ1) is 14.0. The summed E-state index contributed by atoms with van der Waals surface area (Å²) in [5, 5.41) is 2.90. The maximum Gasteiger partial charge on any atom is 0.282 e. The molecule has 9 nitrogen and oxygen atoms in total. The van der Waals surface area contributed by atoms with E-state index < -0.39 is 10.2 Å². The molecule has 2 aromatic rings. The molecule has 0 saturated carbocycles. The molecule has 0 aliphatic carbocycles. The lowest BCUT2D eigenvalue weighted by Crippen LogP contribution is -2.54. The van der Waals surface area contributed by atoms with Gasteiger partial charge in [0.1, 0.15) is 11.0 Å². The predicted molar refractivity (Wildman–Crippen MR) is 113 cm³/mol. The van der Waals surface area contributed by atoms with Crippen molar-refractivity contribution in [2.75, 3.05) is 51.1 Å². The second kappa shape index (κ2) is 9.00. The Labute approximate surface area is 175 Å². The molecule has 0 bridgehead atoms. The van der Waals surface area contributed by atoms with Crippen LogP contribution in [0.3, 0.4) is 0 Å². The van der Waals surface area contributed by atoms with Crippen LogP contribution in [0.5, 0.6) is 0 Å². The Bertz CT molecular complexity index is 947. The van der Waals surface area contributed by atoms with Crippen molar-refractivity contribution in [3.8, 4) is 0 Å². The van der Waals surface area contributed by atoms with Crippen molar-refractivity contribution in [3.05, 3.63) is 18.2 Å². The number of nitrogens with zero attached hydrogens (tertiary/aromatic N) is 5. The summed E-state index contributed by atoms with van der Waals surface area (Å²) >= 11 is 1.12. The zero-order valence-electron chi connectivity index (χ0n) is 16.3. The number of aromatic nitrogens is 2. The van der Waals surface area contributed by atoms with Crippen LogP contribution in [0.25, 0.3) is 11.0 Å². The molecule has 11 heteroatoms. The summed E-state index contributed by atoms with van der Waals surface area (Å²) in [7, 11) is -3.40. The van der Waals surface area contributed by atoms with Crippen molar-refractivity contribution in [1.29, 1.82) is 0 Å². The van der Waals surface area contributed by atoms with E-state index in [1.54, 1.807) is 8.61 Å². The molecule has 2 aliphatic rings. The molecule has 0 radical (unpaired) electrons. The lowest BCUT2D eigenvalue weighted by molar-refractivity contribution is -0.117. The number of hydrogen-bond donors (Lipinski definition) is 1. The fourth-order valence-corrected chi connectivity index (χ4v) is 6.07. The van der Waals surface area contributed by atoms with Gasteiger partial charge in [0, 0.05) is 39.3 Å². The molecule has 0 atom stereocenters. The fraction of sp³-hybridized carbons (Fsp3) is 0.611. The van der Waals surface area contributed by atoms with Crippen LogP contribution in [0.2, 0.25) is 0 Å². The Morgan fingerprint density at radius 1 is 0.966 bits per heavy atom. The van der Waals surface area contributed by atoms with Crippen molar-refractivity contribution in [3.63, 3.8) is 0 Å². The third-order valence-corrected chi connectivity index (χ3v) is 8.05. The molecule has 1 N–H and O–H groups in total. The number of hydrogen-bond acceptors (Lipinski definition) is 7. The first-order valence-electron chi connectivity index (χ1n) is 10.0. The van der Waals surface area contributed by atoms with Gasteiger partial charge in [-0.25, -0.2) is 0 Å². The summed E-state index contributed by atoms with van der Waals surface area (Å²) < 4.78 is 37.4. The number of benzene rings is 1. The van der Waals surface area contributed by atoms with Crippen LogP contribution >= 0.6 is 11.7 Å². The molecule has 29 heavy (non-hydrogen) atoms. The Morgan fingerprint density at radius 2 is 1.66 bits per heavy atom. The van der Waals surface area contributed by atoms with Gasteiger partial charge in [-0.1, -0.05) is 18.9 Å². The Balaban J connectivity index is 1.30. The summed E-state index contributed by atoms with van der Waals surface area (Å²) in [6.07, 6.45) is 4.06. The number of fused-ring (bicyclic) bond motifs is 1. The van der Waals surface area contributed by atoms with Gasteiger partial charge in [-0.15, -0.1) is 0 Å². The fourth-order valence-electron chi connectivity index (χ4n) is 3.85. The Kier molecular flexibility index (Phi) is 6.40. The van der Waals surface area contributed by atoms with Gasteiger partial charge in [-0.2, -0.15) is 25.8 Å². The Morgan fingerprint density at radius 3 is 2.38 bits per heavy atom. The minimum atomic E-state index is -3.40. The van der Waals surface area contributed by atoms with Crippen molar-refractivity contribution in [2.24, 2.45) is 0 Å². The van der Waals surface area contributed by atoms with Gasteiger partial charge in [-0.05, 0) is 25.0 Å². The van der Waals surface area contributed by atoms with E-state index in [4.69, 9.17) is 0 Å². The molecule has 3 heterocycles. The van der Waals surface area contributed by atoms with Crippen molar-refractivity contribution in [1.82, 2.24) is 22.3 Å². The van der Waals surface area contributed by atoms with Crippen LogP contribution < -0.4 is 5.32 Å². The number of anilines is 1. The van der Waals surface area contributed by atoms with E-state index in [9.17, 15) is 13.2 Å². The molecule has 4 rings (SSSR count). The van der Waals surface area contributed by atoms with Gasteiger partial charge >= 0.3 is 0 Å². The third-order valence-electron chi connectivity index (χ3n) is 5.48. The number of piperazine rings is 1. The average Bonchev–Trinajstić information content (AvgIpc) is 3.02. The van der Waals surface area contributed by atoms with E-state index in [0.717, 1.165) is 42.9 Å². The lowest BCUT2D eigenvalue weighted by atomic mass is 10.2. The zero-order valence-corrected chi connectivity index (χ0v) is 17.9. The van der Waals surface area contributed by atoms with Crippen LogP contribution in [-0.2, 0) is 15.0 Å². The molecule has 1 amide bonds. The molecular weight excluding hydrogens is 412 g/mol. The maximum atomic E-state index is 12.9. The second-order valence-electron chi connectivity index (χ2n) is 7.48. The summed E-state index contributed by atoms with van der Waals surface area (Å²) in [5.74, 6) is -0.130. The molecule has 2 fully saturated rings. The zero-order chi connectivity index (χ0) is 20.3. The smallest absolute Gasteiger partial charge is 0.282 e. The van der Waals surface area contributed by atoms with E-state index >= 15 is 0 Å². The molecule has 158 valence electrons. The third kappa shape index (κ3) is 4.75. The van der Waals surface area contributed by atoms with Crippen molar-refractivity contribution >= 4 is 44.6 Å². The number of carbonyl (C=O) groups excluding carboxylic acids is 1. The average molecular weight is 439 g/mol. The van der Waals surface area contributed by atoms with Crippen LogP contribution in [0.15, 0.2) is 18.2 Å². The summed E-state index contributed by atoms with van der Waals surface area (Å²) in [5.41, 5.74) is 2.11. The van der Waals surface area contributed by atoms with E-state index in [2.05, 4.69) is 14.1 Å². The highest BCUT2D eigenvalue weighted by molar-refractivity contribution is 7.86. The highest BCUT2D eigenvalue weighted by atomic mass is 32.2. The standard InChI is InChI=1S/C18H26N6O3S2/c25-17(19-15-6-5-7-16-18(15)21-28-20-16)14-22-10-12-24(13-11-22)29(26,27)23-8-3-1-2-4-9-23/h5-7H,1-4,8-14H2,(H,19,25). The van der Waals surface area contributed by atoms with Gasteiger partial charge < -0.3 is 5.32 Å². The monoisotopic (exact) mass is 438 g/mol. The van der Waals surface area contributed by atoms with E-state index in [-0.39, 0.29) is 12.5 Å². The molecule has 2 saturated heterocycles. The van der Waals surface area contributed by atoms with Crippen LogP contribution in [-0.4, -0.2) is 82.4 Å². The van der Waals surface area contributed by atoms with Crippen LogP contribution in [0, 0.1) is 0 Å². The lowest BCUT2D eigenvalue weighted by Gasteiger charge is -2.36. The minimum Gasteiger partial charge on any atom is -0.323 e. The van der Waals surface area contributed by atoms with E-state index in [1.807, 2.05) is 23.1 Å². The summed E-state index contributed by atoms with van der Waals surface area (Å²) in [4.78, 5) is 14.5. The SMILES string of the molecule is O=C(CN1CCN(S(=O)(=O)N2CCCCCC2)CC1)Nc1cccc2nsnc12. The topological polar surface area (TPSA) is 98.7 Å². The first kappa shape index (κ1) is 20.6. The van der Waals surface area contributed by atoms with Crippen molar-refractivity contribution < 1.29 is 13.2 Å². The second-order valence-corrected chi connectivity index (χ2v) is 9.94. The molecule has 0 spiro atoms. The molecule has 2 aliphatic heterocycles. The minimum absolute atomic E-state index is 0.130. The summed E-state index contributed by atoms with van der Waals surface area (Å²) in [6.45, 7) is 3.37. The number of rotatable bonds is 5. The highest BCUT2D eigenvalue weighted by Crippen LogP contribution is 2.21. The van der Waals surface area contributed by atoms with Crippen molar-refractivity contribution in [2.45, 2.75) is 25.7 Å².